The van der Waals surface area contributed by atoms with Crippen LogP contribution in [0.1, 0.15) is 24.6 Å². The van der Waals surface area contributed by atoms with Gasteiger partial charge in [-0.15, -0.1) is 0 Å². The summed E-state index contributed by atoms with van der Waals surface area (Å²) >= 11 is 0. The lowest BCUT2D eigenvalue weighted by molar-refractivity contribution is 0.500. The molecule has 1 atom stereocenters. The zero-order valence-electron chi connectivity index (χ0n) is 11.9. The van der Waals surface area contributed by atoms with E-state index in [1.165, 1.54) is 34.0 Å². The first-order chi connectivity index (χ1) is 9.65. The number of hydrogen-bond acceptors (Lipinski definition) is 1. The van der Waals surface area contributed by atoms with Crippen molar-refractivity contribution in [2.24, 2.45) is 13.0 Å². The quantitative estimate of drug-likeness (QED) is 0.667. The molecule has 20 heavy (non-hydrogen) atoms. The van der Waals surface area contributed by atoms with Crippen LogP contribution in [0.15, 0.2) is 29.1 Å². The summed E-state index contributed by atoms with van der Waals surface area (Å²) in [6.45, 7) is 2.32. The van der Waals surface area contributed by atoms with Crippen LogP contribution < -0.4 is 5.56 Å². The molecule has 3 nitrogen and oxygen atoms in total. The van der Waals surface area contributed by atoms with E-state index in [-0.39, 0.29) is 5.56 Å². The molecule has 0 radical (unpaired) electrons. The molecule has 0 saturated carbocycles. The second-order valence-electron chi connectivity index (χ2n) is 6.08. The van der Waals surface area contributed by atoms with Crippen LogP contribution in [-0.4, -0.2) is 9.55 Å². The van der Waals surface area contributed by atoms with E-state index in [1.54, 1.807) is 10.6 Å². The lowest BCUT2D eigenvalue weighted by atomic mass is 9.87. The summed E-state index contributed by atoms with van der Waals surface area (Å²) in [6, 6.07) is 7.81. The number of aryl methyl sites for hydroxylation is 2. The van der Waals surface area contributed by atoms with Crippen molar-refractivity contribution in [1.82, 2.24) is 9.55 Å². The smallest absolute Gasteiger partial charge is 0.250 e. The molecule has 2 heterocycles. The summed E-state index contributed by atoms with van der Waals surface area (Å²) in [5.41, 5.74) is 5.12. The highest BCUT2D eigenvalue weighted by atomic mass is 16.1. The molecular formula is C17H18N2O. The van der Waals surface area contributed by atoms with Gasteiger partial charge in [0.2, 0.25) is 0 Å². The first-order valence-corrected chi connectivity index (χ1v) is 7.27. The minimum atomic E-state index is 0.0506. The van der Waals surface area contributed by atoms with E-state index >= 15 is 0 Å². The SMILES string of the molecule is CC1CCc2[nH]c3ccc4c(ccc(=O)n4C)c3c2C1. The Hall–Kier alpha value is -2.03. The third kappa shape index (κ3) is 1.49. The van der Waals surface area contributed by atoms with Gasteiger partial charge in [-0.2, -0.15) is 0 Å². The van der Waals surface area contributed by atoms with Gasteiger partial charge in [0.05, 0.1) is 5.52 Å². The number of hydrogen-bond donors (Lipinski definition) is 1. The number of nitrogens with zero attached hydrogens (tertiary/aromatic N) is 1. The molecule has 4 rings (SSSR count). The molecule has 1 aliphatic carbocycles. The van der Waals surface area contributed by atoms with Crippen molar-refractivity contribution in [2.75, 3.05) is 0 Å². The summed E-state index contributed by atoms with van der Waals surface area (Å²) in [4.78, 5) is 15.4. The van der Waals surface area contributed by atoms with E-state index in [2.05, 4.69) is 18.0 Å². The molecule has 0 saturated heterocycles. The van der Waals surface area contributed by atoms with E-state index in [1.807, 2.05) is 19.2 Å². The average molecular weight is 266 g/mol. The Kier molecular flexibility index (Phi) is 2.34. The Morgan fingerprint density at radius 2 is 2.10 bits per heavy atom. The van der Waals surface area contributed by atoms with Crippen molar-refractivity contribution >= 4 is 21.8 Å². The fourth-order valence-electron chi connectivity index (χ4n) is 3.55. The normalized spacial score (nSPS) is 18.6. The number of rotatable bonds is 0. The predicted molar refractivity (Wildman–Crippen MR) is 82.2 cm³/mol. The number of H-pyrrole nitrogens is 1. The number of benzene rings is 1. The highest BCUT2D eigenvalue weighted by Gasteiger charge is 2.21. The maximum absolute atomic E-state index is 11.8. The fourth-order valence-corrected chi connectivity index (χ4v) is 3.55. The van der Waals surface area contributed by atoms with Crippen LogP contribution in [-0.2, 0) is 19.9 Å². The highest BCUT2D eigenvalue weighted by Crippen LogP contribution is 2.35. The summed E-state index contributed by atoms with van der Waals surface area (Å²) in [5.74, 6) is 0.740. The van der Waals surface area contributed by atoms with E-state index in [9.17, 15) is 4.79 Å². The van der Waals surface area contributed by atoms with E-state index in [0.717, 1.165) is 24.3 Å². The Morgan fingerprint density at radius 3 is 2.95 bits per heavy atom. The molecule has 3 heteroatoms. The van der Waals surface area contributed by atoms with Crippen LogP contribution in [0, 0.1) is 5.92 Å². The van der Waals surface area contributed by atoms with Crippen molar-refractivity contribution in [3.8, 4) is 0 Å². The molecule has 1 aromatic carbocycles. The molecule has 2 aromatic heterocycles. The van der Waals surface area contributed by atoms with Crippen LogP contribution in [0.5, 0.6) is 0 Å². The van der Waals surface area contributed by atoms with Gasteiger partial charge in [0, 0.05) is 35.1 Å². The average Bonchev–Trinajstić information content (AvgIpc) is 2.81. The molecule has 0 spiro atoms. The van der Waals surface area contributed by atoms with Gasteiger partial charge >= 0.3 is 0 Å². The molecule has 1 aliphatic rings. The maximum atomic E-state index is 11.8. The topological polar surface area (TPSA) is 37.8 Å². The number of fused-ring (bicyclic) bond motifs is 5. The van der Waals surface area contributed by atoms with Gasteiger partial charge in [-0.05, 0) is 48.9 Å². The molecule has 3 aromatic rings. The van der Waals surface area contributed by atoms with Crippen molar-refractivity contribution in [3.63, 3.8) is 0 Å². The molecule has 0 bridgehead atoms. The Morgan fingerprint density at radius 1 is 1.25 bits per heavy atom. The largest absolute Gasteiger partial charge is 0.358 e. The zero-order valence-corrected chi connectivity index (χ0v) is 11.9. The molecule has 0 aliphatic heterocycles. The van der Waals surface area contributed by atoms with Gasteiger partial charge in [0.25, 0.3) is 5.56 Å². The van der Waals surface area contributed by atoms with Crippen LogP contribution in [0.4, 0.5) is 0 Å². The van der Waals surface area contributed by atoms with Crippen LogP contribution in [0.2, 0.25) is 0 Å². The molecular weight excluding hydrogens is 248 g/mol. The third-order valence-corrected chi connectivity index (χ3v) is 4.70. The molecule has 1 N–H and O–H groups in total. The number of pyridine rings is 1. The van der Waals surface area contributed by atoms with Crippen LogP contribution >= 0.6 is 0 Å². The molecule has 0 amide bonds. The molecule has 102 valence electrons. The summed E-state index contributed by atoms with van der Waals surface area (Å²) in [6.07, 6.45) is 3.53. The van der Waals surface area contributed by atoms with Gasteiger partial charge in [-0.25, -0.2) is 0 Å². The van der Waals surface area contributed by atoms with E-state index in [0.29, 0.717) is 0 Å². The standard InChI is InChI=1S/C17H18N2O/c1-10-3-5-13-12(9-10)17-11-4-8-16(20)19(2)15(11)7-6-14(17)18-13/h4,6-8,10,18H,3,5,9H2,1-2H3. The Bertz CT molecular complexity index is 885. The fraction of sp³-hybridized carbons (Fsp3) is 0.353. The number of nitrogens with one attached hydrogen (secondary N) is 1. The lowest BCUT2D eigenvalue weighted by Crippen LogP contribution is -2.15. The summed E-state index contributed by atoms with van der Waals surface area (Å²) < 4.78 is 1.74. The van der Waals surface area contributed by atoms with E-state index < -0.39 is 0 Å². The van der Waals surface area contributed by atoms with Crippen LogP contribution in [0.3, 0.4) is 0 Å². The number of aromatic nitrogens is 2. The van der Waals surface area contributed by atoms with Crippen molar-refractivity contribution in [1.29, 1.82) is 0 Å². The van der Waals surface area contributed by atoms with Gasteiger partial charge in [0.15, 0.2) is 0 Å². The maximum Gasteiger partial charge on any atom is 0.250 e. The minimum Gasteiger partial charge on any atom is -0.358 e. The summed E-state index contributed by atoms with van der Waals surface area (Å²) in [5, 5.41) is 2.51. The van der Waals surface area contributed by atoms with Crippen molar-refractivity contribution < 1.29 is 0 Å². The second-order valence-corrected chi connectivity index (χ2v) is 6.08. The predicted octanol–water partition coefficient (Wildman–Crippen LogP) is 3.14. The van der Waals surface area contributed by atoms with Crippen molar-refractivity contribution in [2.45, 2.75) is 26.2 Å². The van der Waals surface area contributed by atoms with Crippen molar-refractivity contribution in [3.05, 3.63) is 45.9 Å². The Labute approximate surface area is 117 Å². The van der Waals surface area contributed by atoms with Gasteiger partial charge in [-0.1, -0.05) is 6.92 Å². The monoisotopic (exact) mass is 266 g/mol. The highest BCUT2D eigenvalue weighted by molar-refractivity contribution is 6.07. The van der Waals surface area contributed by atoms with Gasteiger partial charge < -0.3 is 9.55 Å². The van der Waals surface area contributed by atoms with Gasteiger partial charge in [-0.3, -0.25) is 4.79 Å². The summed E-state index contributed by atoms with van der Waals surface area (Å²) in [7, 11) is 1.85. The minimum absolute atomic E-state index is 0.0506. The van der Waals surface area contributed by atoms with E-state index in [4.69, 9.17) is 0 Å². The second kappa shape index (κ2) is 3.98. The molecule has 1 unspecified atom stereocenters. The molecule has 0 fully saturated rings. The number of aromatic amines is 1. The first-order valence-electron chi connectivity index (χ1n) is 7.27. The lowest BCUT2D eigenvalue weighted by Gasteiger charge is -2.18. The first kappa shape index (κ1) is 11.8. The van der Waals surface area contributed by atoms with Crippen LogP contribution in [0.25, 0.3) is 21.8 Å². The van der Waals surface area contributed by atoms with Gasteiger partial charge in [0.1, 0.15) is 0 Å². The third-order valence-electron chi connectivity index (χ3n) is 4.70. The zero-order chi connectivity index (χ0) is 13.9. The Balaban J connectivity index is 2.16.